The van der Waals surface area contributed by atoms with Crippen molar-refractivity contribution in [3.8, 4) is 6.07 Å². The Morgan fingerprint density at radius 3 is 2.88 bits per heavy atom. The molecule has 0 fully saturated rings. The Morgan fingerprint density at radius 1 is 1.88 bits per heavy atom. The van der Waals surface area contributed by atoms with Crippen molar-refractivity contribution in [2.75, 3.05) is 6.61 Å². The first-order chi connectivity index (χ1) is 3.77. The molecule has 44 valence electrons. The van der Waals surface area contributed by atoms with Crippen LogP contribution in [0.4, 0.5) is 0 Å². The van der Waals surface area contributed by atoms with E-state index in [-0.39, 0.29) is 0 Å². The summed E-state index contributed by atoms with van der Waals surface area (Å²) in [6, 6.07) is 1.91. The van der Waals surface area contributed by atoms with Gasteiger partial charge in [-0.1, -0.05) is 0 Å². The molecule has 0 aromatic carbocycles. The molecule has 2 N–H and O–H groups in total. The maximum Gasteiger partial charge on any atom is 0.436 e. The lowest BCUT2D eigenvalue weighted by Crippen LogP contribution is -1.87. The van der Waals surface area contributed by atoms with E-state index in [1.54, 1.807) is 0 Å². The zero-order valence-electron chi connectivity index (χ0n) is 4.20. The summed E-state index contributed by atoms with van der Waals surface area (Å²) >= 11 is 4.50. The van der Waals surface area contributed by atoms with E-state index in [0.717, 1.165) is 0 Å². The van der Waals surface area contributed by atoms with Gasteiger partial charge < -0.3 is 0 Å². The molecule has 1 atom stereocenters. The van der Waals surface area contributed by atoms with E-state index in [1.165, 1.54) is 0 Å². The van der Waals surface area contributed by atoms with Crippen LogP contribution in [0, 0.1) is 11.3 Å². The van der Waals surface area contributed by atoms with Crippen molar-refractivity contribution in [3.63, 3.8) is 0 Å². The fourth-order valence-corrected chi connectivity index (χ4v) is 0.676. The first-order valence-corrected chi connectivity index (χ1v) is 4.33. The highest BCUT2D eigenvalue weighted by molar-refractivity contribution is 8.01. The highest BCUT2D eigenvalue weighted by Gasteiger charge is 1.99. The van der Waals surface area contributed by atoms with Gasteiger partial charge in [0.25, 0.3) is 0 Å². The fraction of sp³-hybridized carbons (Fsp3) is 0.667. The molecule has 5 heteroatoms. The number of nitrogens with zero attached hydrogens (tertiary/aromatic N) is 1. The van der Waals surface area contributed by atoms with E-state index in [2.05, 4.69) is 11.8 Å². The highest BCUT2D eigenvalue weighted by atomic mass is 32.4. The number of nitrogens with two attached hydrogens (primary N) is 1. The molecule has 0 bridgehead atoms. The molecule has 0 heterocycles. The van der Waals surface area contributed by atoms with E-state index >= 15 is 0 Å². The number of nitriles is 1. The SMILES string of the molecule is N#CCCO[P+](N)=S. The highest BCUT2D eigenvalue weighted by Crippen LogP contribution is 2.08. The van der Waals surface area contributed by atoms with Crippen LogP contribution in [0.2, 0.25) is 0 Å². The first-order valence-electron chi connectivity index (χ1n) is 1.99. The Hall–Kier alpha value is -0.0700. The van der Waals surface area contributed by atoms with Gasteiger partial charge >= 0.3 is 7.07 Å². The van der Waals surface area contributed by atoms with E-state index in [0.29, 0.717) is 13.0 Å². The lowest BCUT2D eigenvalue weighted by atomic mass is 10.5. The lowest BCUT2D eigenvalue weighted by molar-refractivity contribution is 0.372. The van der Waals surface area contributed by atoms with Gasteiger partial charge in [-0.25, -0.2) is 0 Å². The third kappa shape index (κ3) is 5.93. The van der Waals surface area contributed by atoms with Gasteiger partial charge in [-0.05, 0) is 0 Å². The molecule has 0 rings (SSSR count). The van der Waals surface area contributed by atoms with E-state index in [9.17, 15) is 0 Å². The number of rotatable bonds is 3. The molecular formula is C3H6N2OPS+. The molecule has 3 nitrogen and oxygen atoms in total. The van der Waals surface area contributed by atoms with Gasteiger partial charge in [-0.3, -0.25) is 0 Å². The zero-order valence-corrected chi connectivity index (χ0v) is 5.91. The molecule has 0 saturated carbocycles. The van der Waals surface area contributed by atoms with Crippen LogP contribution in [0.5, 0.6) is 0 Å². The molecule has 0 spiro atoms. The predicted octanol–water partition coefficient (Wildman–Crippen LogP) is 0.649. The van der Waals surface area contributed by atoms with Crippen molar-refractivity contribution in [1.82, 2.24) is 0 Å². The summed E-state index contributed by atoms with van der Waals surface area (Å²) in [5, 5.41) is 7.98. The van der Waals surface area contributed by atoms with Crippen LogP contribution in [0.3, 0.4) is 0 Å². The molecule has 0 saturated heterocycles. The summed E-state index contributed by atoms with van der Waals surface area (Å²) < 4.78 is 4.72. The maximum atomic E-state index is 7.98. The van der Waals surface area contributed by atoms with Crippen molar-refractivity contribution in [2.24, 2.45) is 5.50 Å². The van der Waals surface area contributed by atoms with Crippen molar-refractivity contribution < 1.29 is 4.52 Å². The first kappa shape index (κ1) is 7.93. The minimum absolute atomic E-state index is 0.363. The van der Waals surface area contributed by atoms with Crippen molar-refractivity contribution in [1.29, 1.82) is 5.26 Å². The van der Waals surface area contributed by atoms with Gasteiger partial charge in [0, 0.05) is 0 Å². The van der Waals surface area contributed by atoms with Gasteiger partial charge in [0.15, 0.2) is 0 Å². The third-order valence-electron chi connectivity index (χ3n) is 0.432. The monoisotopic (exact) mass is 149 g/mol. The molecule has 8 heavy (non-hydrogen) atoms. The standard InChI is InChI=1S/C3H6N2OPS/c4-2-1-3-6-7(5)8/h1,3H2,(H2,5,8)/q+1. The molecule has 0 aliphatic rings. The van der Waals surface area contributed by atoms with Crippen LogP contribution in [-0.4, -0.2) is 6.61 Å². The average molecular weight is 149 g/mol. The van der Waals surface area contributed by atoms with Crippen LogP contribution in [0.1, 0.15) is 6.42 Å². The second-order valence-corrected chi connectivity index (χ2v) is 2.94. The van der Waals surface area contributed by atoms with Crippen LogP contribution in [-0.2, 0) is 16.3 Å². The zero-order chi connectivity index (χ0) is 6.41. The van der Waals surface area contributed by atoms with Gasteiger partial charge in [0.2, 0.25) is 11.8 Å². The summed E-state index contributed by atoms with van der Waals surface area (Å²) in [7, 11) is -1.18. The van der Waals surface area contributed by atoms with E-state index in [1.807, 2.05) is 6.07 Å². The molecule has 0 aliphatic carbocycles. The van der Waals surface area contributed by atoms with Crippen LogP contribution >= 0.6 is 7.07 Å². The second-order valence-electron chi connectivity index (χ2n) is 1.03. The Labute approximate surface area is 54.0 Å². The molecule has 0 aromatic rings. The molecule has 1 unspecified atom stereocenters. The Morgan fingerprint density at radius 2 is 2.50 bits per heavy atom. The maximum absolute atomic E-state index is 7.98. The van der Waals surface area contributed by atoms with Crippen molar-refractivity contribution in [2.45, 2.75) is 6.42 Å². The van der Waals surface area contributed by atoms with Gasteiger partial charge in [-0.15, -0.1) is 5.50 Å². The molecule has 0 radical (unpaired) electrons. The largest absolute Gasteiger partial charge is 0.436 e. The number of hydrogen-bond acceptors (Lipinski definition) is 3. The summed E-state index contributed by atoms with van der Waals surface area (Å²) in [4.78, 5) is 0. The van der Waals surface area contributed by atoms with Gasteiger partial charge in [-0.2, -0.15) is 9.79 Å². The molecule has 0 amide bonds. The Bertz CT molecular complexity index is 121. The van der Waals surface area contributed by atoms with Crippen molar-refractivity contribution in [3.05, 3.63) is 0 Å². The van der Waals surface area contributed by atoms with Gasteiger partial charge in [0.1, 0.15) is 6.61 Å². The summed E-state index contributed by atoms with van der Waals surface area (Å²) in [6.07, 6.45) is 0.368. The summed E-state index contributed by atoms with van der Waals surface area (Å²) in [6.45, 7) is 0.363. The van der Waals surface area contributed by atoms with Crippen LogP contribution < -0.4 is 5.50 Å². The molecular weight excluding hydrogens is 143 g/mol. The quantitative estimate of drug-likeness (QED) is 0.472. The smallest absolute Gasteiger partial charge is 0.198 e. The second kappa shape index (κ2) is 5.07. The Kier molecular flexibility index (Phi) is 5.03. The van der Waals surface area contributed by atoms with Crippen molar-refractivity contribution >= 4 is 18.9 Å². The molecule has 0 aliphatic heterocycles. The summed E-state index contributed by atoms with van der Waals surface area (Å²) in [5.41, 5.74) is 5.08. The van der Waals surface area contributed by atoms with E-state index < -0.39 is 7.07 Å². The average Bonchev–Trinajstić information content (AvgIpc) is 1.66. The lowest BCUT2D eigenvalue weighted by Gasteiger charge is -1.79. The Balaban J connectivity index is 2.97. The number of hydrogen-bond donors (Lipinski definition) is 1. The van der Waals surface area contributed by atoms with E-state index in [4.69, 9.17) is 15.3 Å². The third-order valence-corrected chi connectivity index (χ3v) is 1.19. The molecule has 0 aromatic heterocycles. The predicted molar refractivity (Wildman–Crippen MR) is 34.7 cm³/mol. The minimum atomic E-state index is -1.18. The minimum Gasteiger partial charge on any atom is -0.198 e. The fourth-order valence-electron chi connectivity index (χ4n) is 0.181. The summed E-state index contributed by atoms with van der Waals surface area (Å²) in [5.74, 6) is 0. The normalized spacial score (nSPS) is 10.2. The van der Waals surface area contributed by atoms with Gasteiger partial charge in [0.05, 0.1) is 12.5 Å². The van der Waals surface area contributed by atoms with Crippen LogP contribution in [0.15, 0.2) is 0 Å². The van der Waals surface area contributed by atoms with Crippen LogP contribution in [0.25, 0.3) is 0 Å². The topological polar surface area (TPSA) is 59.0 Å².